The van der Waals surface area contributed by atoms with E-state index in [4.69, 9.17) is 0 Å². The maximum atomic E-state index is 4.14. The van der Waals surface area contributed by atoms with Gasteiger partial charge in [-0.1, -0.05) is 6.92 Å². The Morgan fingerprint density at radius 1 is 1.19 bits per heavy atom. The van der Waals surface area contributed by atoms with E-state index < -0.39 is 0 Å². The molecule has 2 atom stereocenters. The van der Waals surface area contributed by atoms with E-state index in [1.54, 1.807) is 12.7 Å². The van der Waals surface area contributed by atoms with Crippen LogP contribution in [0.15, 0.2) is 12.7 Å². The number of hydrogen-bond acceptors (Lipinski definition) is 3. The van der Waals surface area contributed by atoms with Crippen LogP contribution in [-0.2, 0) is 6.54 Å². The van der Waals surface area contributed by atoms with Crippen molar-refractivity contribution in [1.82, 2.24) is 19.7 Å². The standard InChI is InChI=1S/C12H22N4/c1-11-3-4-12(2)15(6-5-11)7-8-16-10-13-9-14-16/h9-12H,3-8H2,1-2H3. The van der Waals surface area contributed by atoms with Crippen LogP contribution in [-0.4, -0.2) is 38.8 Å². The maximum Gasteiger partial charge on any atom is 0.137 e. The topological polar surface area (TPSA) is 34.0 Å². The number of aromatic nitrogens is 3. The summed E-state index contributed by atoms with van der Waals surface area (Å²) in [5.41, 5.74) is 0. The van der Waals surface area contributed by atoms with Gasteiger partial charge in [0, 0.05) is 12.6 Å². The molecule has 90 valence electrons. The Morgan fingerprint density at radius 3 is 2.81 bits per heavy atom. The predicted molar refractivity (Wildman–Crippen MR) is 64.1 cm³/mol. The first-order valence-electron chi connectivity index (χ1n) is 6.32. The number of rotatable bonds is 3. The van der Waals surface area contributed by atoms with Crippen LogP contribution in [0.3, 0.4) is 0 Å². The highest BCUT2D eigenvalue weighted by atomic mass is 15.3. The molecule has 0 bridgehead atoms. The van der Waals surface area contributed by atoms with E-state index in [-0.39, 0.29) is 0 Å². The van der Waals surface area contributed by atoms with Gasteiger partial charge in [-0.2, -0.15) is 5.10 Å². The summed E-state index contributed by atoms with van der Waals surface area (Å²) in [4.78, 5) is 6.56. The Kier molecular flexibility index (Phi) is 3.93. The monoisotopic (exact) mass is 222 g/mol. The quantitative estimate of drug-likeness (QED) is 0.782. The highest BCUT2D eigenvalue weighted by molar-refractivity contribution is 4.74. The van der Waals surface area contributed by atoms with Crippen molar-refractivity contribution in [3.63, 3.8) is 0 Å². The number of hydrogen-bond donors (Lipinski definition) is 0. The second-order valence-corrected chi connectivity index (χ2v) is 5.01. The number of nitrogens with zero attached hydrogens (tertiary/aromatic N) is 4. The molecule has 0 spiro atoms. The van der Waals surface area contributed by atoms with Gasteiger partial charge < -0.3 is 0 Å². The summed E-state index contributed by atoms with van der Waals surface area (Å²) >= 11 is 0. The first kappa shape index (κ1) is 11.6. The minimum absolute atomic E-state index is 0.716. The van der Waals surface area contributed by atoms with Gasteiger partial charge >= 0.3 is 0 Å². The van der Waals surface area contributed by atoms with Crippen molar-refractivity contribution in [2.24, 2.45) is 5.92 Å². The van der Waals surface area contributed by atoms with Gasteiger partial charge in [0.2, 0.25) is 0 Å². The molecular weight excluding hydrogens is 200 g/mol. The van der Waals surface area contributed by atoms with Crippen LogP contribution in [0.1, 0.15) is 33.1 Å². The lowest BCUT2D eigenvalue weighted by Gasteiger charge is -2.26. The molecule has 0 saturated carbocycles. The largest absolute Gasteiger partial charge is 0.299 e. The van der Waals surface area contributed by atoms with Crippen molar-refractivity contribution in [3.05, 3.63) is 12.7 Å². The zero-order valence-corrected chi connectivity index (χ0v) is 10.3. The lowest BCUT2D eigenvalue weighted by Crippen LogP contribution is -2.35. The summed E-state index contributed by atoms with van der Waals surface area (Å²) in [6.07, 6.45) is 7.44. The third kappa shape index (κ3) is 3.04. The average molecular weight is 222 g/mol. The zero-order chi connectivity index (χ0) is 11.4. The highest BCUT2D eigenvalue weighted by Gasteiger charge is 2.19. The zero-order valence-electron chi connectivity index (χ0n) is 10.3. The van der Waals surface area contributed by atoms with Crippen LogP contribution in [0.25, 0.3) is 0 Å². The summed E-state index contributed by atoms with van der Waals surface area (Å²) in [5.74, 6) is 0.888. The Balaban J connectivity index is 1.83. The summed E-state index contributed by atoms with van der Waals surface area (Å²) in [6.45, 7) is 8.00. The molecule has 0 amide bonds. The van der Waals surface area contributed by atoms with E-state index in [1.165, 1.54) is 25.8 Å². The van der Waals surface area contributed by atoms with E-state index >= 15 is 0 Å². The minimum Gasteiger partial charge on any atom is -0.299 e. The van der Waals surface area contributed by atoms with E-state index in [0.29, 0.717) is 6.04 Å². The lowest BCUT2D eigenvalue weighted by molar-refractivity contribution is 0.202. The number of likely N-dealkylation sites (tertiary alicyclic amines) is 1. The smallest absolute Gasteiger partial charge is 0.137 e. The summed E-state index contributed by atoms with van der Waals surface area (Å²) < 4.78 is 1.92. The highest BCUT2D eigenvalue weighted by Crippen LogP contribution is 2.20. The molecule has 2 rings (SSSR count). The molecule has 1 aliphatic heterocycles. The van der Waals surface area contributed by atoms with Gasteiger partial charge in [0.05, 0.1) is 6.54 Å². The van der Waals surface area contributed by atoms with Crippen molar-refractivity contribution >= 4 is 0 Å². The molecule has 0 radical (unpaired) electrons. The molecule has 2 unspecified atom stereocenters. The molecule has 1 aromatic rings. The molecule has 16 heavy (non-hydrogen) atoms. The van der Waals surface area contributed by atoms with Gasteiger partial charge in [-0.25, -0.2) is 4.98 Å². The Bertz CT molecular complexity index is 296. The fraction of sp³-hybridized carbons (Fsp3) is 0.833. The van der Waals surface area contributed by atoms with Crippen molar-refractivity contribution < 1.29 is 0 Å². The molecule has 2 heterocycles. The average Bonchev–Trinajstić information content (AvgIpc) is 2.73. The molecule has 1 saturated heterocycles. The Labute approximate surface area is 97.7 Å². The molecule has 0 aliphatic carbocycles. The van der Waals surface area contributed by atoms with Gasteiger partial charge in [0.25, 0.3) is 0 Å². The molecule has 0 N–H and O–H groups in total. The van der Waals surface area contributed by atoms with E-state index in [0.717, 1.165) is 19.0 Å². The second-order valence-electron chi connectivity index (χ2n) is 5.01. The first-order chi connectivity index (χ1) is 7.75. The lowest BCUT2D eigenvalue weighted by atomic mass is 10.0. The van der Waals surface area contributed by atoms with Crippen molar-refractivity contribution in [2.75, 3.05) is 13.1 Å². The molecular formula is C12H22N4. The third-order valence-electron chi connectivity index (χ3n) is 3.69. The van der Waals surface area contributed by atoms with Crippen LogP contribution < -0.4 is 0 Å². The minimum atomic E-state index is 0.716. The summed E-state index contributed by atoms with van der Waals surface area (Å²) in [5, 5.41) is 4.14. The predicted octanol–water partition coefficient (Wildman–Crippen LogP) is 1.79. The van der Waals surface area contributed by atoms with Crippen molar-refractivity contribution in [1.29, 1.82) is 0 Å². The molecule has 4 nitrogen and oxygen atoms in total. The van der Waals surface area contributed by atoms with Gasteiger partial charge in [-0.05, 0) is 38.6 Å². The Hall–Kier alpha value is -0.900. The van der Waals surface area contributed by atoms with Crippen LogP contribution >= 0.6 is 0 Å². The van der Waals surface area contributed by atoms with E-state index in [2.05, 4.69) is 28.8 Å². The fourth-order valence-corrected chi connectivity index (χ4v) is 2.37. The van der Waals surface area contributed by atoms with Gasteiger partial charge in [-0.3, -0.25) is 9.58 Å². The third-order valence-corrected chi connectivity index (χ3v) is 3.69. The first-order valence-corrected chi connectivity index (χ1v) is 6.32. The van der Waals surface area contributed by atoms with Crippen LogP contribution in [0.2, 0.25) is 0 Å². The van der Waals surface area contributed by atoms with Gasteiger partial charge in [0.1, 0.15) is 12.7 Å². The Morgan fingerprint density at radius 2 is 2.06 bits per heavy atom. The fourth-order valence-electron chi connectivity index (χ4n) is 2.37. The van der Waals surface area contributed by atoms with Crippen LogP contribution in [0, 0.1) is 5.92 Å². The maximum absolute atomic E-state index is 4.14. The summed E-state index contributed by atoms with van der Waals surface area (Å²) in [6, 6.07) is 0.716. The SMILES string of the molecule is CC1CCC(C)N(CCn2cncn2)CC1. The van der Waals surface area contributed by atoms with Gasteiger partial charge in [-0.15, -0.1) is 0 Å². The van der Waals surface area contributed by atoms with Crippen molar-refractivity contribution in [2.45, 2.75) is 45.7 Å². The van der Waals surface area contributed by atoms with Crippen LogP contribution in [0.4, 0.5) is 0 Å². The van der Waals surface area contributed by atoms with E-state index in [9.17, 15) is 0 Å². The van der Waals surface area contributed by atoms with E-state index in [1.807, 2.05) is 4.68 Å². The normalized spacial score (nSPS) is 27.9. The molecule has 1 fully saturated rings. The van der Waals surface area contributed by atoms with Gasteiger partial charge in [0.15, 0.2) is 0 Å². The van der Waals surface area contributed by atoms with Crippen molar-refractivity contribution in [3.8, 4) is 0 Å². The van der Waals surface area contributed by atoms with Crippen LogP contribution in [0.5, 0.6) is 0 Å². The molecule has 0 aromatic carbocycles. The second kappa shape index (κ2) is 5.43. The summed E-state index contributed by atoms with van der Waals surface area (Å²) in [7, 11) is 0. The molecule has 4 heteroatoms. The molecule has 1 aromatic heterocycles. The molecule has 1 aliphatic rings.